The second-order valence-corrected chi connectivity index (χ2v) is 7.90. The third-order valence-corrected chi connectivity index (χ3v) is 5.38. The van der Waals surface area contributed by atoms with Crippen molar-refractivity contribution in [2.24, 2.45) is 4.99 Å². The lowest BCUT2D eigenvalue weighted by molar-refractivity contribution is 0.148. The second kappa shape index (κ2) is 11.7. The van der Waals surface area contributed by atoms with Crippen LogP contribution in [0.15, 0.2) is 53.5 Å². The van der Waals surface area contributed by atoms with Crippen LogP contribution in [0, 0.1) is 5.82 Å². The van der Waals surface area contributed by atoms with Crippen LogP contribution in [0.3, 0.4) is 0 Å². The molecule has 1 saturated heterocycles. The number of nitrogens with one attached hydrogen (secondary N) is 2. The molecule has 30 heavy (non-hydrogen) atoms. The molecule has 1 aliphatic heterocycles. The van der Waals surface area contributed by atoms with E-state index >= 15 is 0 Å². The average molecular weight is 412 g/mol. The van der Waals surface area contributed by atoms with E-state index in [1.54, 1.807) is 12.1 Å². The summed E-state index contributed by atoms with van der Waals surface area (Å²) in [5.41, 5.74) is 3.53. The zero-order valence-corrected chi connectivity index (χ0v) is 18.2. The van der Waals surface area contributed by atoms with Gasteiger partial charge >= 0.3 is 0 Å². The Hall–Kier alpha value is -2.44. The van der Waals surface area contributed by atoms with Crippen LogP contribution in [0.25, 0.3) is 0 Å². The Kier molecular flexibility index (Phi) is 8.66. The van der Waals surface area contributed by atoms with Gasteiger partial charge in [0.05, 0.1) is 6.54 Å². The van der Waals surface area contributed by atoms with Crippen molar-refractivity contribution in [3.63, 3.8) is 0 Å². The fourth-order valence-corrected chi connectivity index (χ4v) is 3.54. The number of aliphatic imine (C=N–C) groups is 1. The van der Waals surface area contributed by atoms with Crippen molar-refractivity contribution in [1.82, 2.24) is 20.4 Å². The molecule has 5 nitrogen and oxygen atoms in total. The van der Waals surface area contributed by atoms with Crippen LogP contribution in [0.4, 0.5) is 4.39 Å². The first-order chi connectivity index (χ1) is 14.6. The molecule has 0 spiro atoms. The Labute approximate surface area is 180 Å². The highest BCUT2D eigenvalue weighted by Gasteiger charge is 2.13. The summed E-state index contributed by atoms with van der Waals surface area (Å²) in [6.07, 6.45) is 0.753. The van der Waals surface area contributed by atoms with E-state index in [-0.39, 0.29) is 5.82 Å². The zero-order valence-electron chi connectivity index (χ0n) is 18.2. The van der Waals surface area contributed by atoms with Crippen molar-refractivity contribution in [3.8, 4) is 0 Å². The van der Waals surface area contributed by atoms with Crippen molar-refractivity contribution in [3.05, 3.63) is 71.0 Å². The van der Waals surface area contributed by atoms with Gasteiger partial charge in [0.25, 0.3) is 0 Å². The SMILES string of the molecule is CCNC(=NCc1ccc(CN2CCN(C)CC2)cc1)NCCc1cccc(F)c1. The molecule has 6 heteroatoms. The Morgan fingerprint density at radius 3 is 2.40 bits per heavy atom. The standard InChI is InChI=1S/C24H34FN5/c1-3-26-24(27-12-11-20-5-4-6-23(25)17-20)28-18-21-7-9-22(10-8-21)19-30-15-13-29(2)14-16-30/h4-10,17H,3,11-16,18-19H2,1-2H3,(H2,26,27,28). The quantitative estimate of drug-likeness (QED) is 0.518. The van der Waals surface area contributed by atoms with Crippen LogP contribution >= 0.6 is 0 Å². The molecule has 0 atom stereocenters. The molecular formula is C24H34FN5. The highest BCUT2D eigenvalue weighted by molar-refractivity contribution is 5.79. The van der Waals surface area contributed by atoms with Gasteiger partial charge in [0.2, 0.25) is 0 Å². The van der Waals surface area contributed by atoms with Gasteiger partial charge < -0.3 is 15.5 Å². The third-order valence-electron chi connectivity index (χ3n) is 5.38. The lowest BCUT2D eigenvalue weighted by Gasteiger charge is -2.32. The molecule has 1 fully saturated rings. The molecule has 0 unspecified atom stereocenters. The Morgan fingerprint density at radius 1 is 0.967 bits per heavy atom. The molecule has 1 aliphatic rings. The maximum absolute atomic E-state index is 13.3. The summed E-state index contributed by atoms with van der Waals surface area (Å²) in [6.45, 7) is 9.77. The Balaban J connectivity index is 1.47. The molecule has 0 bridgehead atoms. The number of piperazine rings is 1. The molecule has 0 radical (unpaired) electrons. The lowest BCUT2D eigenvalue weighted by Crippen LogP contribution is -2.43. The van der Waals surface area contributed by atoms with Crippen molar-refractivity contribution in [2.75, 3.05) is 46.3 Å². The first kappa shape index (κ1) is 22.2. The number of guanidine groups is 1. The number of rotatable bonds is 8. The maximum Gasteiger partial charge on any atom is 0.191 e. The fraction of sp³-hybridized carbons (Fsp3) is 0.458. The van der Waals surface area contributed by atoms with Crippen LogP contribution in [0.2, 0.25) is 0 Å². The van der Waals surface area contributed by atoms with E-state index in [9.17, 15) is 4.39 Å². The maximum atomic E-state index is 13.3. The topological polar surface area (TPSA) is 42.9 Å². The van der Waals surface area contributed by atoms with Crippen molar-refractivity contribution >= 4 is 5.96 Å². The zero-order chi connectivity index (χ0) is 21.2. The molecule has 0 saturated carbocycles. The molecule has 0 aliphatic carbocycles. The van der Waals surface area contributed by atoms with E-state index in [0.717, 1.165) is 57.2 Å². The van der Waals surface area contributed by atoms with Gasteiger partial charge in [-0.25, -0.2) is 9.38 Å². The van der Waals surface area contributed by atoms with Crippen molar-refractivity contribution < 1.29 is 4.39 Å². The minimum atomic E-state index is -0.191. The summed E-state index contributed by atoms with van der Waals surface area (Å²) in [7, 11) is 2.19. The number of nitrogens with zero attached hydrogens (tertiary/aromatic N) is 3. The van der Waals surface area contributed by atoms with Gasteiger partial charge in [-0.2, -0.15) is 0 Å². The number of benzene rings is 2. The summed E-state index contributed by atoms with van der Waals surface area (Å²) in [4.78, 5) is 9.58. The summed E-state index contributed by atoms with van der Waals surface area (Å²) < 4.78 is 13.3. The summed E-state index contributed by atoms with van der Waals surface area (Å²) in [5.74, 6) is 0.597. The van der Waals surface area contributed by atoms with E-state index in [1.807, 2.05) is 6.07 Å². The van der Waals surface area contributed by atoms with Gasteiger partial charge in [0, 0.05) is 45.8 Å². The van der Waals surface area contributed by atoms with Gasteiger partial charge in [-0.05, 0) is 49.2 Å². The van der Waals surface area contributed by atoms with Gasteiger partial charge in [-0.15, -0.1) is 0 Å². The number of likely N-dealkylation sites (N-methyl/N-ethyl adjacent to an activating group) is 1. The first-order valence-corrected chi connectivity index (χ1v) is 10.9. The van der Waals surface area contributed by atoms with E-state index < -0.39 is 0 Å². The fourth-order valence-electron chi connectivity index (χ4n) is 3.54. The van der Waals surface area contributed by atoms with E-state index in [2.05, 4.69) is 58.7 Å². The molecule has 2 aromatic rings. The van der Waals surface area contributed by atoms with Crippen LogP contribution < -0.4 is 10.6 Å². The van der Waals surface area contributed by atoms with Gasteiger partial charge in [-0.3, -0.25) is 4.90 Å². The molecular weight excluding hydrogens is 377 g/mol. The van der Waals surface area contributed by atoms with Gasteiger partial charge in [0.1, 0.15) is 5.82 Å². The smallest absolute Gasteiger partial charge is 0.191 e. The summed E-state index contributed by atoms with van der Waals surface area (Å²) >= 11 is 0. The van der Waals surface area contributed by atoms with Crippen LogP contribution in [-0.4, -0.2) is 62.1 Å². The average Bonchev–Trinajstić information content (AvgIpc) is 2.75. The molecule has 1 heterocycles. The lowest BCUT2D eigenvalue weighted by atomic mass is 10.1. The van der Waals surface area contributed by atoms with Crippen LogP contribution in [0.5, 0.6) is 0 Å². The third kappa shape index (κ3) is 7.43. The first-order valence-electron chi connectivity index (χ1n) is 10.9. The highest BCUT2D eigenvalue weighted by Crippen LogP contribution is 2.10. The molecule has 2 aromatic carbocycles. The van der Waals surface area contributed by atoms with E-state index in [4.69, 9.17) is 4.99 Å². The van der Waals surface area contributed by atoms with Crippen molar-refractivity contribution in [1.29, 1.82) is 0 Å². The largest absolute Gasteiger partial charge is 0.357 e. The van der Waals surface area contributed by atoms with E-state index in [0.29, 0.717) is 13.1 Å². The minimum Gasteiger partial charge on any atom is -0.357 e. The summed E-state index contributed by atoms with van der Waals surface area (Å²) in [6, 6.07) is 15.5. The molecule has 162 valence electrons. The Morgan fingerprint density at radius 2 is 1.70 bits per heavy atom. The molecule has 0 amide bonds. The number of halogens is 1. The monoisotopic (exact) mass is 411 g/mol. The van der Waals surface area contributed by atoms with Crippen LogP contribution in [-0.2, 0) is 19.5 Å². The normalized spacial score (nSPS) is 15.9. The predicted molar refractivity (Wildman–Crippen MR) is 122 cm³/mol. The van der Waals surface area contributed by atoms with Gasteiger partial charge in [0.15, 0.2) is 5.96 Å². The highest BCUT2D eigenvalue weighted by atomic mass is 19.1. The van der Waals surface area contributed by atoms with Gasteiger partial charge in [-0.1, -0.05) is 36.4 Å². The molecule has 0 aromatic heterocycles. The summed E-state index contributed by atoms with van der Waals surface area (Å²) in [5, 5.41) is 6.61. The van der Waals surface area contributed by atoms with Crippen molar-refractivity contribution in [2.45, 2.75) is 26.4 Å². The van der Waals surface area contributed by atoms with Crippen LogP contribution in [0.1, 0.15) is 23.6 Å². The second-order valence-electron chi connectivity index (χ2n) is 7.90. The number of hydrogen-bond donors (Lipinski definition) is 2. The van der Waals surface area contributed by atoms with E-state index in [1.165, 1.54) is 17.2 Å². The minimum absolute atomic E-state index is 0.191. The Bertz CT molecular complexity index is 797. The number of hydrogen-bond acceptors (Lipinski definition) is 3. The predicted octanol–water partition coefficient (Wildman–Crippen LogP) is 2.87. The molecule has 2 N–H and O–H groups in total. The molecule has 3 rings (SSSR count).